The van der Waals surface area contributed by atoms with E-state index in [-0.39, 0.29) is 23.8 Å². The van der Waals surface area contributed by atoms with Gasteiger partial charge in [0.25, 0.3) is 0 Å². The second-order valence-corrected chi connectivity index (χ2v) is 5.75. The van der Waals surface area contributed by atoms with E-state index in [4.69, 9.17) is 0 Å². The van der Waals surface area contributed by atoms with E-state index >= 15 is 0 Å². The lowest BCUT2D eigenvalue weighted by Gasteiger charge is -2.16. The molecule has 1 nitrogen and oxygen atoms in total. The highest BCUT2D eigenvalue weighted by Gasteiger charge is 2.15. The van der Waals surface area contributed by atoms with Crippen LogP contribution < -0.4 is 5.32 Å². The Bertz CT molecular complexity index is 584. The molecule has 112 valence electrons. The molecule has 1 N–H and O–H groups in total. The van der Waals surface area contributed by atoms with Gasteiger partial charge in [0.05, 0.1) is 0 Å². The maximum absolute atomic E-state index is 13.6. The number of benzene rings is 2. The van der Waals surface area contributed by atoms with Crippen molar-refractivity contribution in [1.29, 1.82) is 0 Å². The number of likely N-dealkylation sites (N-methyl/N-ethyl adjacent to an activating group) is 1. The van der Waals surface area contributed by atoms with E-state index in [9.17, 15) is 13.2 Å². The lowest BCUT2D eigenvalue weighted by molar-refractivity contribution is 0.524. The van der Waals surface area contributed by atoms with Crippen molar-refractivity contribution in [2.45, 2.75) is 17.4 Å². The fourth-order valence-electron chi connectivity index (χ4n) is 1.97. The van der Waals surface area contributed by atoms with Crippen LogP contribution in [0.5, 0.6) is 0 Å². The quantitative estimate of drug-likeness (QED) is 0.809. The summed E-state index contributed by atoms with van der Waals surface area (Å²) in [6, 6.07) is 10.0. The smallest absolute Gasteiger partial charge is 0.129 e. The molecule has 2 aromatic carbocycles. The van der Waals surface area contributed by atoms with Gasteiger partial charge in [-0.15, -0.1) is 11.8 Å². The largest absolute Gasteiger partial charge is 0.316 e. The number of nitrogens with one attached hydrogen (secondary N) is 1. The molecule has 0 aromatic heterocycles. The first-order chi connectivity index (χ1) is 10.1. The van der Waals surface area contributed by atoms with Crippen LogP contribution in [0.3, 0.4) is 0 Å². The molecule has 0 heterocycles. The molecule has 0 amide bonds. The minimum Gasteiger partial charge on any atom is -0.316 e. The minimum absolute atomic E-state index is 0.0803. The van der Waals surface area contributed by atoms with Crippen LogP contribution in [0.2, 0.25) is 0 Å². The van der Waals surface area contributed by atoms with E-state index in [0.717, 1.165) is 4.90 Å². The maximum atomic E-state index is 13.6. The zero-order valence-electron chi connectivity index (χ0n) is 11.6. The third-order valence-corrected chi connectivity index (χ3v) is 4.32. The lowest BCUT2D eigenvalue weighted by Crippen LogP contribution is -2.30. The van der Waals surface area contributed by atoms with Gasteiger partial charge in [-0.25, -0.2) is 13.2 Å². The van der Waals surface area contributed by atoms with Crippen molar-refractivity contribution in [1.82, 2.24) is 5.32 Å². The van der Waals surface area contributed by atoms with E-state index in [1.54, 1.807) is 13.1 Å². The SMILES string of the molecule is CNC(CSc1cccc(F)c1)Cc1c(F)cccc1F. The van der Waals surface area contributed by atoms with Gasteiger partial charge in [-0.1, -0.05) is 12.1 Å². The average Bonchev–Trinajstić information content (AvgIpc) is 2.46. The molecule has 0 fully saturated rings. The van der Waals surface area contributed by atoms with Crippen LogP contribution in [0.25, 0.3) is 0 Å². The standard InChI is InChI=1S/C16H16F3NS/c1-20-12(9-14-15(18)6-3-7-16(14)19)10-21-13-5-2-4-11(17)8-13/h2-8,12,20H,9-10H2,1H3. The molecular weight excluding hydrogens is 295 g/mol. The third kappa shape index (κ3) is 4.51. The predicted octanol–water partition coefficient (Wildman–Crippen LogP) is 4.03. The van der Waals surface area contributed by atoms with Gasteiger partial charge in [0.1, 0.15) is 17.5 Å². The van der Waals surface area contributed by atoms with Crippen molar-refractivity contribution >= 4 is 11.8 Å². The van der Waals surface area contributed by atoms with Gasteiger partial charge in [0, 0.05) is 22.3 Å². The molecular formula is C16H16F3NS. The second kappa shape index (κ2) is 7.52. The van der Waals surface area contributed by atoms with Gasteiger partial charge in [-0.2, -0.15) is 0 Å². The van der Waals surface area contributed by atoms with Crippen LogP contribution in [0.1, 0.15) is 5.56 Å². The molecule has 5 heteroatoms. The van der Waals surface area contributed by atoms with Crippen LogP contribution in [0.4, 0.5) is 13.2 Å². The van der Waals surface area contributed by atoms with Crippen LogP contribution in [0, 0.1) is 17.5 Å². The number of halogens is 3. The second-order valence-electron chi connectivity index (χ2n) is 4.66. The number of hydrogen-bond acceptors (Lipinski definition) is 2. The summed E-state index contributed by atoms with van der Waals surface area (Å²) in [4.78, 5) is 0.796. The average molecular weight is 311 g/mol. The number of thioether (sulfide) groups is 1. The fourth-order valence-corrected chi connectivity index (χ4v) is 3.02. The molecule has 2 aromatic rings. The third-order valence-electron chi connectivity index (χ3n) is 3.17. The summed E-state index contributed by atoms with van der Waals surface area (Å²) >= 11 is 1.45. The number of hydrogen-bond donors (Lipinski definition) is 1. The highest BCUT2D eigenvalue weighted by molar-refractivity contribution is 7.99. The van der Waals surface area contributed by atoms with E-state index in [0.29, 0.717) is 5.75 Å². The number of rotatable bonds is 6. The summed E-state index contributed by atoms with van der Waals surface area (Å²) in [5, 5.41) is 3.04. The van der Waals surface area contributed by atoms with Gasteiger partial charge in [0.15, 0.2) is 0 Å². The Labute approximate surface area is 126 Å². The molecule has 0 aliphatic heterocycles. The van der Waals surface area contributed by atoms with Crippen molar-refractivity contribution in [3.8, 4) is 0 Å². The highest BCUT2D eigenvalue weighted by atomic mass is 32.2. The summed E-state index contributed by atoms with van der Waals surface area (Å²) in [6.07, 6.45) is 0.247. The van der Waals surface area contributed by atoms with Gasteiger partial charge in [-0.3, -0.25) is 0 Å². The molecule has 2 rings (SSSR count). The Morgan fingerprint density at radius 2 is 1.71 bits per heavy atom. The van der Waals surface area contributed by atoms with E-state index in [1.807, 2.05) is 6.07 Å². The van der Waals surface area contributed by atoms with Crippen molar-refractivity contribution in [2.75, 3.05) is 12.8 Å². The first kappa shape index (κ1) is 15.9. The zero-order valence-corrected chi connectivity index (χ0v) is 12.4. The first-order valence-electron chi connectivity index (χ1n) is 6.58. The summed E-state index contributed by atoms with van der Waals surface area (Å²) < 4.78 is 40.4. The van der Waals surface area contributed by atoms with Crippen LogP contribution in [-0.2, 0) is 6.42 Å². The van der Waals surface area contributed by atoms with Crippen LogP contribution in [-0.4, -0.2) is 18.8 Å². The normalized spacial score (nSPS) is 12.4. The summed E-state index contributed by atoms with van der Waals surface area (Å²) in [7, 11) is 1.75. The zero-order chi connectivity index (χ0) is 15.2. The van der Waals surface area contributed by atoms with Gasteiger partial charge >= 0.3 is 0 Å². The molecule has 0 saturated heterocycles. The molecule has 0 aliphatic rings. The maximum Gasteiger partial charge on any atom is 0.129 e. The summed E-state index contributed by atoms with van der Waals surface area (Å²) in [5.74, 6) is -0.772. The Balaban J connectivity index is 2.00. The topological polar surface area (TPSA) is 12.0 Å². The van der Waals surface area contributed by atoms with Gasteiger partial charge in [0.2, 0.25) is 0 Å². The predicted molar refractivity (Wildman–Crippen MR) is 80.0 cm³/mol. The molecule has 0 bridgehead atoms. The van der Waals surface area contributed by atoms with Crippen molar-refractivity contribution in [2.24, 2.45) is 0 Å². The van der Waals surface area contributed by atoms with E-state index < -0.39 is 11.6 Å². The molecule has 0 aliphatic carbocycles. The van der Waals surface area contributed by atoms with Crippen LogP contribution >= 0.6 is 11.8 Å². The molecule has 0 radical (unpaired) electrons. The first-order valence-corrected chi connectivity index (χ1v) is 7.57. The molecule has 1 unspecified atom stereocenters. The Morgan fingerprint density at radius 1 is 1.05 bits per heavy atom. The fraction of sp³-hybridized carbons (Fsp3) is 0.250. The Hall–Kier alpha value is -1.46. The van der Waals surface area contributed by atoms with Crippen LogP contribution in [0.15, 0.2) is 47.4 Å². The van der Waals surface area contributed by atoms with E-state index in [2.05, 4.69) is 5.32 Å². The summed E-state index contributed by atoms with van der Waals surface area (Å²) in [5.41, 5.74) is 0.0803. The molecule has 21 heavy (non-hydrogen) atoms. The Kier molecular flexibility index (Phi) is 5.70. The van der Waals surface area contributed by atoms with Crippen molar-refractivity contribution in [3.05, 3.63) is 65.5 Å². The minimum atomic E-state index is -0.536. The monoisotopic (exact) mass is 311 g/mol. The molecule has 0 saturated carbocycles. The van der Waals surface area contributed by atoms with Gasteiger partial charge < -0.3 is 5.32 Å². The Morgan fingerprint density at radius 3 is 2.33 bits per heavy atom. The highest BCUT2D eigenvalue weighted by Crippen LogP contribution is 2.22. The molecule has 0 spiro atoms. The molecule has 1 atom stereocenters. The van der Waals surface area contributed by atoms with Crippen molar-refractivity contribution < 1.29 is 13.2 Å². The lowest BCUT2D eigenvalue weighted by atomic mass is 10.1. The van der Waals surface area contributed by atoms with Gasteiger partial charge in [-0.05, 0) is 43.8 Å². The van der Waals surface area contributed by atoms with Crippen molar-refractivity contribution in [3.63, 3.8) is 0 Å². The summed E-state index contributed by atoms with van der Waals surface area (Å²) in [6.45, 7) is 0. The van der Waals surface area contributed by atoms with E-state index in [1.165, 1.54) is 42.1 Å².